The van der Waals surface area contributed by atoms with Crippen molar-refractivity contribution in [2.45, 2.75) is 19.4 Å². The van der Waals surface area contributed by atoms with Gasteiger partial charge in [0, 0.05) is 37.7 Å². The average Bonchev–Trinajstić information content (AvgIpc) is 2.68. The second-order valence-electron chi connectivity index (χ2n) is 4.28. The molecule has 0 radical (unpaired) electrons. The SMILES string of the molecule is CCc1nn(C)cc1C(CN)N(C)CCSC. The van der Waals surface area contributed by atoms with E-state index in [1.54, 1.807) is 0 Å². The van der Waals surface area contributed by atoms with Gasteiger partial charge in [0.1, 0.15) is 0 Å². The molecule has 4 nitrogen and oxygen atoms in total. The van der Waals surface area contributed by atoms with Gasteiger partial charge in [-0.3, -0.25) is 9.58 Å². The molecule has 5 heteroatoms. The van der Waals surface area contributed by atoms with Gasteiger partial charge in [-0.25, -0.2) is 0 Å². The van der Waals surface area contributed by atoms with E-state index in [2.05, 4.69) is 36.4 Å². The van der Waals surface area contributed by atoms with Gasteiger partial charge >= 0.3 is 0 Å². The number of aryl methyl sites for hydroxylation is 2. The van der Waals surface area contributed by atoms with Crippen molar-refractivity contribution in [3.8, 4) is 0 Å². The largest absolute Gasteiger partial charge is 0.329 e. The van der Waals surface area contributed by atoms with Crippen LogP contribution in [0.3, 0.4) is 0 Å². The molecule has 17 heavy (non-hydrogen) atoms. The summed E-state index contributed by atoms with van der Waals surface area (Å²) in [5.74, 6) is 1.13. The summed E-state index contributed by atoms with van der Waals surface area (Å²) in [6.45, 7) is 3.84. The molecular formula is C12H24N4S. The van der Waals surface area contributed by atoms with E-state index < -0.39 is 0 Å². The maximum absolute atomic E-state index is 5.92. The van der Waals surface area contributed by atoms with E-state index in [0.717, 1.165) is 18.7 Å². The van der Waals surface area contributed by atoms with E-state index in [1.807, 2.05) is 23.5 Å². The fourth-order valence-corrected chi connectivity index (χ4v) is 2.51. The maximum Gasteiger partial charge on any atom is 0.0670 e. The van der Waals surface area contributed by atoms with Crippen LogP contribution in [-0.2, 0) is 13.5 Å². The van der Waals surface area contributed by atoms with Crippen molar-refractivity contribution in [2.24, 2.45) is 12.8 Å². The van der Waals surface area contributed by atoms with Crippen LogP contribution < -0.4 is 5.73 Å². The quantitative estimate of drug-likeness (QED) is 0.798. The Morgan fingerprint density at radius 3 is 2.82 bits per heavy atom. The number of aromatic nitrogens is 2. The highest BCUT2D eigenvalue weighted by molar-refractivity contribution is 7.98. The molecule has 1 rings (SSSR count). The summed E-state index contributed by atoms with van der Waals surface area (Å²) < 4.78 is 1.89. The van der Waals surface area contributed by atoms with Crippen molar-refractivity contribution in [2.75, 3.05) is 32.1 Å². The number of hydrogen-bond donors (Lipinski definition) is 1. The number of likely N-dealkylation sites (N-methyl/N-ethyl adjacent to an activating group) is 1. The van der Waals surface area contributed by atoms with Crippen LogP contribution in [0, 0.1) is 0 Å². The Morgan fingerprint density at radius 2 is 2.29 bits per heavy atom. The highest BCUT2D eigenvalue weighted by atomic mass is 32.2. The van der Waals surface area contributed by atoms with Crippen LogP contribution in [0.5, 0.6) is 0 Å². The molecule has 0 spiro atoms. The van der Waals surface area contributed by atoms with Gasteiger partial charge in [0.25, 0.3) is 0 Å². The highest BCUT2D eigenvalue weighted by Gasteiger charge is 2.20. The molecule has 0 amide bonds. The molecule has 0 saturated carbocycles. The van der Waals surface area contributed by atoms with Crippen molar-refractivity contribution in [3.05, 3.63) is 17.5 Å². The minimum absolute atomic E-state index is 0.283. The Balaban J connectivity index is 2.84. The Bertz CT molecular complexity index is 337. The zero-order valence-electron chi connectivity index (χ0n) is 11.3. The molecule has 1 aromatic rings. The lowest BCUT2D eigenvalue weighted by molar-refractivity contribution is 0.264. The summed E-state index contributed by atoms with van der Waals surface area (Å²) in [6, 6.07) is 0.283. The highest BCUT2D eigenvalue weighted by Crippen LogP contribution is 2.22. The molecule has 2 N–H and O–H groups in total. The van der Waals surface area contributed by atoms with Crippen LogP contribution >= 0.6 is 11.8 Å². The molecule has 0 aliphatic rings. The normalized spacial score (nSPS) is 13.3. The first kappa shape index (κ1) is 14.5. The molecule has 1 heterocycles. The Morgan fingerprint density at radius 1 is 1.59 bits per heavy atom. The Kier molecular flexibility index (Phi) is 6.02. The zero-order chi connectivity index (χ0) is 12.8. The summed E-state index contributed by atoms with van der Waals surface area (Å²) in [5, 5.41) is 4.49. The first-order chi connectivity index (χ1) is 8.13. The van der Waals surface area contributed by atoms with Crippen LogP contribution in [0.2, 0.25) is 0 Å². The summed E-state index contributed by atoms with van der Waals surface area (Å²) in [6.07, 6.45) is 5.20. The van der Waals surface area contributed by atoms with Crippen LogP contribution in [0.25, 0.3) is 0 Å². The van der Waals surface area contributed by atoms with Gasteiger partial charge < -0.3 is 5.73 Å². The number of hydrogen-bond acceptors (Lipinski definition) is 4. The molecule has 98 valence electrons. The first-order valence-corrected chi connectivity index (χ1v) is 7.45. The minimum Gasteiger partial charge on any atom is -0.329 e. The summed E-state index contributed by atoms with van der Waals surface area (Å²) in [4.78, 5) is 2.33. The average molecular weight is 256 g/mol. The van der Waals surface area contributed by atoms with Crippen molar-refractivity contribution < 1.29 is 0 Å². The third kappa shape index (κ3) is 3.72. The minimum atomic E-state index is 0.283. The smallest absolute Gasteiger partial charge is 0.0670 e. The van der Waals surface area contributed by atoms with Crippen molar-refractivity contribution >= 4 is 11.8 Å². The van der Waals surface area contributed by atoms with Gasteiger partial charge in [-0.05, 0) is 19.7 Å². The molecule has 0 bridgehead atoms. The number of thioether (sulfide) groups is 1. The standard InChI is InChI=1S/C12H24N4S/c1-5-11-10(9-16(3)14-11)12(8-13)15(2)6-7-17-4/h9,12H,5-8,13H2,1-4H3. The lowest BCUT2D eigenvalue weighted by Gasteiger charge is -2.26. The molecule has 0 saturated heterocycles. The molecule has 1 aromatic heterocycles. The lowest BCUT2D eigenvalue weighted by atomic mass is 10.1. The Hall–Kier alpha value is -0.520. The van der Waals surface area contributed by atoms with Crippen LogP contribution in [0.1, 0.15) is 24.2 Å². The third-order valence-corrected chi connectivity index (χ3v) is 3.63. The first-order valence-electron chi connectivity index (χ1n) is 6.05. The van der Waals surface area contributed by atoms with Gasteiger partial charge in [0.05, 0.1) is 11.7 Å². The van der Waals surface area contributed by atoms with Gasteiger partial charge in [0.2, 0.25) is 0 Å². The van der Waals surface area contributed by atoms with E-state index in [-0.39, 0.29) is 6.04 Å². The van der Waals surface area contributed by atoms with Crippen LogP contribution in [0.15, 0.2) is 6.20 Å². The maximum atomic E-state index is 5.92. The van der Waals surface area contributed by atoms with Gasteiger partial charge in [-0.15, -0.1) is 0 Å². The summed E-state index contributed by atoms with van der Waals surface area (Å²) >= 11 is 1.86. The number of rotatable bonds is 7. The summed E-state index contributed by atoms with van der Waals surface area (Å²) in [7, 11) is 4.11. The predicted octanol–water partition coefficient (Wildman–Crippen LogP) is 1.28. The van der Waals surface area contributed by atoms with E-state index in [4.69, 9.17) is 5.73 Å². The molecule has 1 unspecified atom stereocenters. The second kappa shape index (κ2) is 7.03. The fourth-order valence-electron chi connectivity index (χ4n) is 2.04. The van der Waals surface area contributed by atoms with Crippen molar-refractivity contribution in [1.29, 1.82) is 0 Å². The summed E-state index contributed by atoms with van der Waals surface area (Å²) in [5.41, 5.74) is 8.37. The van der Waals surface area contributed by atoms with E-state index >= 15 is 0 Å². The fraction of sp³-hybridized carbons (Fsp3) is 0.750. The third-order valence-electron chi connectivity index (χ3n) is 3.03. The zero-order valence-corrected chi connectivity index (χ0v) is 12.1. The monoisotopic (exact) mass is 256 g/mol. The van der Waals surface area contributed by atoms with Crippen LogP contribution in [-0.4, -0.2) is 46.8 Å². The van der Waals surface area contributed by atoms with Gasteiger partial charge in [-0.2, -0.15) is 16.9 Å². The number of nitrogens with zero attached hydrogens (tertiary/aromatic N) is 3. The lowest BCUT2D eigenvalue weighted by Crippen LogP contribution is -2.32. The molecular weight excluding hydrogens is 232 g/mol. The second-order valence-corrected chi connectivity index (χ2v) is 5.27. The molecule has 0 aliphatic heterocycles. The van der Waals surface area contributed by atoms with Crippen LogP contribution in [0.4, 0.5) is 0 Å². The van der Waals surface area contributed by atoms with Crippen molar-refractivity contribution in [1.82, 2.24) is 14.7 Å². The number of nitrogens with two attached hydrogens (primary N) is 1. The van der Waals surface area contributed by atoms with E-state index in [9.17, 15) is 0 Å². The van der Waals surface area contributed by atoms with Gasteiger partial charge in [0.15, 0.2) is 0 Å². The predicted molar refractivity (Wildman–Crippen MR) is 75.4 cm³/mol. The Labute approximate surface area is 109 Å². The van der Waals surface area contributed by atoms with E-state index in [1.165, 1.54) is 11.3 Å². The molecule has 1 atom stereocenters. The van der Waals surface area contributed by atoms with E-state index in [0.29, 0.717) is 6.54 Å². The molecule has 0 fully saturated rings. The van der Waals surface area contributed by atoms with Gasteiger partial charge in [-0.1, -0.05) is 6.92 Å². The topological polar surface area (TPSA) is 47.1 Å². The van der Waals surface area contributed by atoms with Crippen molar-refractivity contribution in [3.63, 3.8) is 0 Å². The molecule has 0 aliphatic carbocycles. The molecule has 0 aromatic carbocycles.